The van der Waals surface area contributed by atoms with E-state index in [1.54, 1.807) is 6.20 Å². The summed E-state index contributed by atoms with van der Waals surface area (Å²) >= 11 is 2.43. The summed E-state index contributed by atoms with van der Waals surface area (Å²) in [6.45, 7) is 5.21. The number of aromatic nitrogens is 2. The maximum atomic E-state index is 13.5. The average molecular weight is 549 g/mol. The lowest BCUT2D eigenvalue weighted by Gasteiger charge is -2.20. The molecule has 0 aromatic carbocycles. The van der Waals surface area contributed by atoms with Gasteiger partial charge in [-0.05, 0) is 88.8 Å². The van der Waals surface area contributed by atoms with Crippen LogP contribution in [0.4, 0.5) is 4.39 Å². The molecule has 0 amide bonds. The Morgan fingerprint density at radius 1 is 1.30 bits per heavy atom. The van der Waals surface area contributed by atoms with Crippen molar-refractivity contribution in [1.82, 2.24) is 24.7 Å². The zero-order valence-corrected chi connectivity index (χ0v) is 23.3. The van der Waals surface area contributed by atoms with Gasteiger partial charge >= 0.3 is 0 Å². The lowest BCUT2D eigenvalue weighted by Crippen LogP contribution is -2.27. The Morgan fingerprint density at radius 3 is 2.46 bits per heavy atom. The third kappa shape index (κ3) is 8.09. The van der Waals surface area contributed by atoms with Crippen LogP contribution >= 0.6 is 23.7 Å². The molecule has 202 valence electrons. The van der Waals surface area contributed by atoms with Gasteiger partial charge in [-0.2, -0.15) is 5.26 Å². The summed E-state index contributed by atoms with van der Waals surface area (Å²) in [6, 6.07) is 4.27. The Morgan fingerprint density at radius 2 is 1.95 bits per heavy atom. The van der Waals surface area contributed by atoms with Crippen LogP contribution in [0, 0.1) is 28.1 Å². The van der Waals surface area contributed by atoms with E-state index in [1.165, 1.54) is 11.9 Å². The number of hydrogen-bond donors (Lipinski definition) is 5. The van der Waals surface area contributed by atoms with Gasteiger partial charge < -0.3 is 15.4 Å². The molecular weight excluding hydrogens is 511 g/mol. The van der Waals surface area contributed by atoms with Gasteiger partial charge in [-0.3, -0.25) is 19.9 Å². The molecule has 0 aliphatic heterocycles. The predicted octanol–water partition coefficient (Wildman–Crippen LogP) is 4.14. The van der Waals surface area contributed by atoms with Crippen molar-refractivity contribution in [2.75, 3.05) is 33.9 Å². The van der Waals surface area contributed by atoms with E-state index in [4.69, 9.17) is 20.6 Å². The largest absolute Gasteiger partial charge is 0.320 e. The van der Waals surface area contributed by atoms with Crippen LogP contribution in [0.3, 0.4) is 0 Å². The standard InChI is InChI=1S/C24H35FN8S2.CH2O/c1-4-16(12-26)21(27)34-22(28)20-13-31-23-19(17(5-9-29-2)6-10-30-3)11-18(14-33(20)23)35-32-24(15-25)7-8-24;1-2/h11,13-14,16-17,27-30,32H,4-10,15H2,1-3H3;1H2. The number of carbonyl (C=O) groups excluding carboxylic acids is 1. The maximum absolute atomic E-state index is 13.5. The molecule has 9 nitrogen and oxygen atoms in total. The van der Waals surface area contributed by atoms with Gasteiger partial charge in [0.1, 0.15) is 24.2 Å². The molecule has 12 heteroatoms. The summed E-state index contributed by atoms with van der Waals surface area (Å²) in [5.41, 5.74) is 2.03. The van der Waals surface area contributed by atoms with Crippen molar-refractivity contribution >= 4 is 46.2 Å². The number of hydrogen-bond acceptors (Lipinski definition) is 10. The van der Waals surface area contributed by atoms with Crippen LogP contribution in [0.2, 0.25) is 0 Å². The first-order valence-electron chi connectivity index (χ1n) is 12.3. The smallest absolute Gasteiger partial charge is 0.140 e. The third-order valence-corrected chi connectivity index (χ3v) is 8.27. The number of nitrogens with zero attached hydrogens (tertiary/aromatic N) is 3. The van der Waals surface area contributed by atoms with Crippen LogP contribution < -0.4 is 15.4 Å². The number of nitrogens with one attached hydrogen (secondary N) is 5. The molecule has 2 aromatic rings. The van der Waals surface area contributed by atoms with Crippen molar-refractivity contribution in [1.29, 1.82) is 16.1 Å². The number of imidazole rings is 1. The highest BCUT2D eigenvalue weighted by Crippen LogP contribution is 2.39. The normalized spacial score (nSPS) is 14.6. The Labute approximate surface area is 226 Å². The van der Waals surface area contributed by atoms with Gasteiger partial charge in [0.2, 0.25) is 0 Å². The van der Waals surface area contributed by atoms with Gasteiger partial charge in [0, 0.05) is 11.1 Å². The number of rotatable bonds is 14. The van der Waals surface area contributed by atoms with E-state index >= 15 is 0 Å². The number of halogens is 1. The zero-order valence-electron chi connectivity index (χ0n) is 21.7. The Hall–Kier alpha value is -2.30. The number of pyridine rings is 1. The number of carbonyl (C=O) groups is 1. The second-order valence-electron chi connectivity index (χ2n) is 8.95. The van der Waals surface area contributed by atoms with Gasteiger partial charge in [0.05, 0.1) is 34.5 Å². The summed E-state index contributed by atoms with van der Waals surface area (Å²) in [4.78, 5) is 13.6. The highest BCUT2D eigenvalue weighted by Gasteiger charge is 2.43. The molecule has 1 fully saturated rings. The van der Waals surface area contributed by atoms with Crippen molar-refractivity contribution in [3.8, 4) is 6.07 Å². The second-order valence-corrected chi connectivity index (χ2v) is 10.9. The molecule has 3 rings (SSSR count). The molecule has 5 N–H and O–H groups in total. The van der Waals surface area contributed by atoms with Gasteiger partial charge in [-0.15, -0.1) is 0 Å². The minimum Gasteiger partial charge on any atom is -0.320 e. The fourth-order valence-corrected chi connectivity index (χ4v) is 5.63. The number of nitriles is 1. The van der Waals surface area contributed by atoms with E-state index in [9.17, 15) is 9.65 Å². The Kier molecular flexibility index (Phi) is 12.7. The molecule has 1 unspecified atom stereocenters. The lowest BCUT2D eigenvalue weighted by atomic mass is 9.93. The van der Waals surface area contributed by atoms with E-state index in [0.717, 1.165) is 66.6 Å². The van der Waals surface area contributed by atoms with E-state index in [2.05, 4.69) is 27.5 Å². The SMILES string of the molecule is C=O.CCC(C#N)C(=N)SC(=N)c1cnc2c(C(CCNC)CCNC)cc(SNC3(CF)CC3)cn12. The summed E-state index contributed by atoms with van der Waals surface area (Å²) in [7, 11) is 3.89. The van der Waals surface area contributed by atoms with Crippen LogP contribution in [-0.4, -0.2) is 65.7 Å². The number of alkyl halides is 1. The highest BCUT2D eigenvalue weighted by molar-refractivity contribution is 8.26. The quantitative estimate of drug-likeness (QED) is 0.135. The molecule has 1 aliphatic carbocycles. The van der Waals surface area contributed by atoms with Crippen LogP contribution in [0.25, 0.3) is 5.65 Å². The maximum Gasteiger partial charge on any atom is 0.140 e. The molecule has 0 saturated heterocycles. The predicted molar refractivity (Wildman–Crippen MR) is 151 cm³/mol. The molecule has 1 atom stereocenters. The second kappa shape index (κ2) is 15.2. The monoisotopic (exact) mass is 548 g/mol. The van der Waals surface area contributed by atoms with Crippen molar-refractivity contribution in [2.45, 2.75) is 55.4 Å². The Balaban J connectivity index is 0.00000235. The van der Waals surface area contributed by atoms with Crippen molar-refractivity contribution in [3.05, 3.63) is 29.7 Å². The average Bonchev–Trinajstić information content (AvgIpc) is 3.58. The molecule has 37 heavy (non-hydrogen) atoms. The molecule has 0 radical (unpaired) electrons. The van der Waals surface area contributed by atoms with Gasteiger partial charge in [-0.1, -0.05) is 18.7 Å². The molecule has 2 heterocycles. The number of thioether (sulfide) groups is 1. The minimum absolute atomic E-state index is 0.168. The molecule has 0 bridgehead atoms. The van der Waals surface area contributed by atoms with Crippen molar-refractivity contribution in [2.24, 2.45) is 5.92 Å². The Bertz CT molecular complexity index is 1090. The van der Waals surface area contributed by atoms with E-state index in [0.29, 0.717) is 12.1 Å². The fourth-order valence-electron chi connectivity index (χ4n) is 3.85. The first-order valence-corrected chi connectivity index (χ1v) is 13.9. The third-order valence-electron chi connectivity index (χ3n) is 6.35. The van der Waals surface area contributed by atoms with Gasteiger partial charge in [-0.25, -0.2) is 9.37 Å². The van der Waals surface area contributed by atoms with Crippen molar-refractivity contribution < 1.29 is 9.18 Å². The van der Waals surface area contributed by atoms with Gasteiger partial charge in [0.15, 0.2) is 0 Å². The first-order chi connectivity index (χ1) is 17.9. The van der Waals surface area contributed by atoms with Crippen LogP contribution in [0.15, 0.2) is 23.4 Å². The summed E-state index contributed by atoms with van der Waals surface area (Å²) in [6.07, 6.45) is 7.67. The molecule has 1 aliphatic rings. The highest BCUT2D eigenvalue weighted by atomic mass is 32.2. The van der Waals surface area contributed by atoms with E-state index in [1.807, 2.05) is 38.4 Å². The molecule has 1 saturated carbocycles. The summed E-state index contributed by atoms with van der Waals surface area (Å²) < 4.78 is 18.7. The van der Waals surface area contributed by atoms with Gasteiger partial charge in [0.25, 0.3) is 0 Å². The van der Waals surface area contributed by atoms with Crippen molar-refractivity contribution in [3.63, 3.8) is 0 Å². The van der Waals surface area contributed by atoms with E-state index < -0.39 is 11.5 Å². The summed E-state index contributed by atoms with van der Waals surface area (Å²) in [5.74, 6) is -0.277. The van der Waals surface area contributed by atoms with Crippen LogP contribution in [0.1, 0.15) is 56.2 Å². The molecular formula is C25H37FN8OS2. The van der Waals surface area contributed by atoms with E-state index in [-0.39, 0.29) is 22.7 Å². The van der Waals surface area contributed by atoms with Crippen LogP contribution in [-0.2, 0) is 4.79 Å². The van der Waals surface area contributed by atoms with Crippen LogP contribution in [0.5, 0.6) is 0 Å². The first kappa shape index (κ1) is 30.9. The zero-order chi connectivity index (χ0) is 27.4. The molecule has 2 aromatic heterocycles. The summed E-state index contributed by atoms with van der Waals surface area (Å²) in [5, 5.41) is 33.1. The topological polar surface area (TPSA) is 142 Å². The fraction of sp³-hybridized carbons (Fsp3) is 0.560. The minimum atomic E-state index is -0.520. The lowest BCUT2D eigenvalue weighted by molar-refractivity contribution is -0.0980. The number of fused-ring (bicyclic) bond motifs is 1. The molecule has 0 spiro atoms.